The van der Waals surface area contributed by atoms with Crippen LogP contribution in [-0.4, -0.2) is 59.5 Å². The Labute approximate surface area is 204 Å². The van der Waals surface area contributed by atoms with Gasteiger partial charge < -0.3 is 20.1 Å². The monoisotopic (exact) mass is 485 g/mol. The maximum Gasteiger partial charge on any atom is 0.317 e. The molecule has 0 saturated carbocycles. The highest BCUT2D eigenvalue weighted by Gasteiger charge is 2.33. The van der Waals surface area contributed by atoms with E-state index < -0.39 is 6.43 Å². The number of hydrazine groups is 1. The number of anilines is 2. The molecule has 0 aliphatic carbocycles. The molecule has 0 fully saturated rings. The van der Waals surface area contributed by atoms with E-state index in [1.54, 1.807) is 23.0 Å². The van der Waals surface area contributed by atoms with Crippen LogP contribution in [0.5, 0.6) is 0 Å². The molecule has 2 aromatic rings. The van der Waals surface area contributed by atoms with E-state index in [1.165, 1.54) is 0 Å². The van der Waals surface area contributed by atoms with E-state index >= 15 is 0 Å². The number of carbonyl (C=O) groups is 1. The van der Waals surface area contributed by atoms with Gasteiger partial charge in [0.2, 0.25) is 0 Å². The minimum absolute atomic E-state index is 0.0446. The summed E-state index contributed by atoms with van der Waals surface area (Å²) in [5.74, 6) is 0.776. The van der Waals surface area contributed by atoms with Crippen molar-refractivity contribution in [1.29, 1.82) is 0 Å². The lowest BCUT2D eigenvalue weighted by Gasteiger charge is -2.33. The molecular weight excluding hydrogens is 452 g/mol. The van der Waals surface area contributed by atoms with Crippen molar-refractivity contribution in [3.8, 4) is 0 Å². The van der Waals surface area contributed by atoms with Gasteiger partial charge in [0.05, 0.1) is 6.54 Å². The molecule has 35 heavy (non-hydrogen) atoms. The SMILES string of the molecule is CNC(=O)N1CCc2c(c(N3CCCc4cc(C5=CN(C)NC5)c(C(F)F)cc43)nn2C(C)C)C1. The van der Waals surface area contributed by atoms with Gasteiger partial charge in [0.15, 0.2) is 5.82 Å². The molecule has 0 unspecified atom stereocenters. The molecule has 1 aromatic heterocycles. The average molecular weight is 486 g/mol. The highest BCUT2D eigenvalue weighted by atomic mass is 19.3. The lowest BCUT2D eigenvalue weighted by atomic mass is 9.92. The van der Waals surface area contributed by atoms with Gasteiger partial charge in [-0.3, -0.25) is 4.68 Å². The molecule has 0 atom stereocenters. The predicted octanol–water partition coefficient (Wildman–Crippen LogP) is 3.97. The molecule has 0 saturated heterocycles. The number of alkyl halides is 2. The summed E-state index contributed by atoms with van der Waals surface area (Å²) in [6, 6.07) is 3.64. The zero-order chi connectivity index (χ0) is 24.9. The van der Waals surface area contributed by atoms with Crippen molar-refractivity contribution in [3.05, 3.63) is 46.3 Å². The van der Waals surface area contributed by atoms with Gasteiger partial charge in [-0.2, -0.15) is 5.10 Å². The summed E-state index contributed by atoms with van der Waals surface area (Å²) >= 11 is 0. The van der Waals surface area contributed by atoms with Crippen molar-refractivity contribution in [1.82, 2.24) is 30.4 Å². The Kier molecular flexibility index (Phi) is 6.16. The summed E-state index contributed by atoms with van der Waals surface area (Å²) in [5.41, 5.74) is 8.65. The van der Waals surface area contributed by atoms with Gasteiger partial charge in [-0.05, 0) is 55.5 Å². The smallest absolute Gasteiger partial charge is 0.317 e. The summed E-state index contributed by atoms with van der Waals surface area (Å²) in [5, 5.41) is 9.51. The third-order valence-corrected chi connectivity index (χ3v) is 7.13. The normalized spacial score (nSPS) is 17.7. The Bertz CT molecular complexity index is 1170. The molecule has 0 radical (unpaired) electrons. The Morgan fingerprint density at radius 2 is 2.00 bits per heavy atom. The second kappa shape index (κ2) is 9.14. The van der Waals surface area contributed by atoms with Crippen molar-refractivity contribution < 1.29 is 13.6 Å². The first-order valence-corrected chi connectivity index (χ1v) is 12.2. The van der Waals surface area contributed by atoms with Gasteiger partial charge in [-0.25, -0.2) is 19.0 Å². The van der Waals surface area contributed by atoms with E-state index in [-0.39, 0.29) is 17.6 Å². The number of nitrogens with zero attached hydrogens (tertiary/aromatic N) is 5. The first-order valence-electron chi connectivity index (χ1n) is 12.2. The van der Waals surface area contributed by atoms with Gasteiger partial charge >= 0.3 is 6.03 Å². The van der Waals surface area contributed by atoms with Crippen LogP contribution < -0.4 is 15.6 Å². The van der Waals surface area contributed by atoms with E-state index in [1.807, 2.05) is 24.0 Å². The third-order valence-electron chi connectivity index (χ3n) is 7.13. The standard InChI is InChI=1S/C25H33F2N7O/c1-15(2)34-21-7-9-32(25(35)28-3)14-20(21)24(30-34)33-8-5-6-16-10-18(17-12-29-31(4)13-17)19(23(26)27)11-22(16)33/h10-11,13,15,23,29H,5-9,12,14H2,1-4H3,(H,28,35). The number of benzene rings is 1. The topological polar surface area (TPSA) is 68.7 Å². The molecule has 188 valence electrons. The Morgan fingerprint density at radius 3 is 2.66 bits per heavy atom. The largest absolute Gasteiger partial charge is 0.341 e. The molecule has 3 aliphatic rings. The van der Waals surface area contributed by atoms with E-state index in [0.717, 1.165) is 46.7 Å². The molecule has 1 aromatic carbocycles. The minimum atomic E-state index is -2.59. The van der Waals surface area contributed by atoms with E-state index in [4.69, 9.17) is 5.10 Å². The lowest BCUT2D eigenvalue weighted by Crippen LogP contribution is -2.41. The van der Waals surface area contributed by atoms with Crippen LogP contribution in [0.1, 0.15) is 60.7 Å². The quantitative estimate of drug-likeness (QED) is 0.686. The minimum Gasteiger partial charge on any atom is -0.341 e. The Balaban J connectivity index is 1.61. The van der Waals surface area contributed by atoms with Crippen LogP contribution in [-0.2, 0) is 19.4 Å². The second-order valence-corrected chi connectivity index (χ2v) is 9.74. The van der Waals surface area contributed by atoms with Crippen molar-refractivity contribution in [3.63, 3.8) is 0 Å². The number of rotatable bonds is 4. The van der Waals surface area contributed by atoms with Crippen LogP contribution in [0.25, 0.3) is 5.57 Å². The predicted molar refractivity (Wildman–Crippen MR) is 132 cm³/mol. The van der Waals surface area contributed by atoms with E-state index in [2.05, 4.69) is 29.5 Å². The van der Waals surface area contributed by atoms with Gasteiger partial charge in [-0.15, -0.1) is 0 Å². The molecule has 10 heteroatoms. The molecule has 2 N–H and O–H groups in total. The first kappa shape index (κ1) is 23.6. The Morgan fingerprint density at radius 1 is 1.20 bits per heavy atom. The number of urea groups is 1. The zero-order valence-electron chi connectivity index (χ0n) is 20.7. The highest BCUT2D eigenvalue weighted by molar-refractivity contribution is 5.78. The van der Waals surface area contributed by atoms with Crippen molar-refractivity contribution in [2.24, 2.45) is 0 Å². The summed E-state index contributed by atoms with van der Waals surface area (Å²) in [6.45, 7) is 6.48. The molecule has 8 nitrogen and oxygen atoms in total. The molecule has 5 rings (SSSR count). The fourth-order valence-electron chi connectivity index (χ4n) is 5.43. The number of amides is 2. The van der Waals surface area contributed by atoms with Crippen LogP contribution in [0, 0.1) is 0 Å². The highest BCUT2D eigenvalue weighted by Crippen LogP contribution is 2.42. The zero-order valence-corrected chi connectivity index (χ0v) is 20.7. The number of halogens is 2. The first-order chi connectivity index (χ1) is 16.8. The number of carbonyl (C=O) groups excluding carboxylic acids is 1. The fraction of sp³-hybridized carbons (Fsp3) is 0.520. The van der Waals surface area contributed by atoms with Crippen LogP contribution in [0.15, 0.2) is 18.3 Å². The third kappa shape index (κ3) is 4.13. The molecule has 2 amide bonds. The summed E-state index contributed by atoms with van der Waals surface area (Å²) in [6.07, 6.45) is 1.74. The molecule has 4 heterocycles. The maximum absolute atomic E-state index is 14.3. The van der Waals surface area contributed by atoms with Gasteiger partial charge in [0.1, 0.15) is 0 Å². The lowest BCUT2D eigenvalue weighted by molar-refractivity contribution is 0.151. The van der Waals surface area contributed by atoms with Crippen LogP contribution in [0.2, 0.25) is 0 Å². The van der Waals surface area contributed by atoms with Crippen LogP contribution >= 0.6 is 0 Å². The fourth-order valence-corrected chi connectivity index (χ4v) is 5.43. The number of aryl methyl sites for hydroxylation is 1. The number of nitrogens with one attached hydrogen (secondary N) is 2. The number of hydrogen-bond acceptors (Lipinski definition) is 5. The van der Waals surface area contributed by atoms with Gasteiger partial charge in [0, 0.05) is 74.9 Å². The summed E-state index contributed by atoms with van der Waals surface area (Å²) < 4.78 is 30.6. The van der Waals surface area contributed by atoms with Crippen molar-refractivity contribution in [2.45, 2.75) is 52.1 Å². The molecule has 3 aliphatic heterocycles. The number of fused-ring (bicyclic) bond motifs is 2. The van der Waals surface area contributed by atoms with Crippen LogP contribution in [0.4, 0.5) is 25.1 Å². The second-order valence-electron chi connectivity index (χ2n) is 9.74. The molecule has 0 bridgehead atoms. The van der Waals surface area contributed by atoms with Crippen LogP contribution in [0.3, 0.4) is 0 Å². The Hall–Kier alpha value is -3.14. The van der Waals surface area contributed by atoms with Crippen molar-refractivity contribution in [2.75, 3.05) is 38.6 Å². The average Bonchev–Trinajstić information content (AvgIpc) is 3.45. The molecular formula is C25H33F2N7O. The maximum atomic E-state index is 14.3. The van der Waals surface area contributed by atoms with Crippen molar-refractivity contribution >= 4 is 23.1 Å². The number of hydrogen-bond donors (Lipinski definition) is 2. The molecule has 0 spiro atoms. The van der Waals surface area contributed by atoms with E-state index in [0.29, 0.717) is 38.2 Å². The van der Waals surface area contributed by atoms with E-state index in [9.17, 15) is 13.6 Å². The summed E-state index contributed by atoms with van der Waals surface area (Å²) in [7, 11) is 3.50. The van der Waals surface area contributed by atoms with Gasteiger partial charge in [-0.1, -0.05) is 0 Å². The number of aromatic nitrogens is 2. The van der Waals surface area contributed by atoms with Gasteiger partial charge in [0.25, 0.3) is 6.43 Å². The summed E-state index contributed by atoms with van der Waals surface area (Å²) in [4.78, 5) is 16.3.